The molecule has 5 rings (SSSR count). The lowest BCUT2D eigenvalue weighted by atomic mass is 9.81. The van der Waals surface area contributed by atoms with Gasteiger partial charge >= 0.3 is 11.9 Å². The summed E-state index contributed by atoms with van der Waals surface area (Å²) in [5, 5.41) is 23.8. The minimum absolute atomic E-state index is 0.000150. The molecule has 0 spiro atoms. The van der Waals surface area contributed by atoms with Gasteiger partial charge < -0.3 is 48.3 Å². The van der Waals surface area contributed by atoms with Crippen molar-refractivity contribution >= 4 is 41.2 Å². The first-order valence-electron chi connectivity index (χ1n) is 24.1. The van der Waals surface area contributed by atoms with Crippen molar-refractivity contribution in [2.45, 2.75) is 171 Å². The Hall–Kier alpha value is -2.96. The van der Waals surface area contributed by atoms with E-state index in [-0.39, 0.29) is 66.9 Å². The van der Waals surface area contributed by atoms with E-state index in [2.05, 4.69) is 6.58 Å². The standard InChI is InChI=1S/C50H77NO14S/c1-10-13-35-23-29(2)22-30(3)24-41(60-8)45-42(61-9)26-32(5)50(58,65-45)46(54)47(55)51-18-12-11-14-36(51)48(56)64-44(33(6)37(52)28-38(35)53)31(4)25-34-15-16-39(40(27-34)59-7)62-20-21-66-43-17-19-63-49(43)57/h10,23,25,30,32-37,39-45,52,58H,1,11-22,24,26-28H2,2-9H3/b29-23+,31-25+/t30-,32+,33+,34-,35+,36-,37-,39+,40+,41-,42-,43?,44?,45+,50+/m0/s1. The molecule has 4 heterocycles. The lowest BCUT2D eigenvalue weighted by Crippen LogP contribution is -2.64. The van der Waals surface area contributed by atoms with E-state index in [1.54, 1.807) is 38.8 Å². The Morgan fingerprint density at radius 1 is 0.924 bits per heavy atom. The van der Waals surface area contributed by atoms with Crippen LogP contribution in [0, 0.1) is 29.6 Å². The van der Waals surface area contributed by atoms with Crippen LogP contribution in [0.25, 0.3) is 0 Å². The molecule has 0 aromatic rings. The van der Waals surface area contributed by atoms with Crippen molar-refractivity contribution in [2.75, 3.05) is 46.8 Å². The summed E-state index contributed by atoms with van der Waals surface area (Å²) in [4.78, 5) is 70.4. The number of esters is 2. The Labute approximate surface area is 396 Å². The third-order valence-electron chi connectivity index (χ3n) is 14.5. The quantitative estimate of drug-likeness (QED) is 0.105. The fourth-order valence-corrected chi connectivity index (χ4v) is 11.6. The zero-order chi connectivity index (χ0) is 48.3. The number of Topliss-reactive ketones (excluding diaryl/α,β-unsaturated/α-hetero) is 2. The van der Waals surface area contributed by atoms with E-state index in [1.807, 2.05) is 32.9 Å². The van der Waals surface area contributed by atoms with E-state index in [9.17, 15) is 34.2 Å². The van der Waals surface area contributed by atoms with Crippen LogP contribution in [-0.2, 0) is 57.1 Å². The molecule has 0 aromatic heterocycles. The molecule has 66 heavy (non-hydrogen) atoms. The van der Waals surface area contributed by atoms with Crippen LogP contribution in [0.4, 0.5) is 0 Å². The van der Waals surface area contributed by atoms with Gasteiger partial charge in [-0.15, -0.1) is 18.3 Å². The highest BCUT2D eigenvalue weighted by Gasteiger charge is 2.56. The van der Waals surface area contributed by atoms with Crippen LogP contribution in [0.3, 0.4) is 0 Å². The molecule has 1 aliphatic carbocycles. The van der Waals surface area contributed by atoms with E-state index in [4.69, 9.17) is 33.2 Å². The van der Waals surface area contributed by atoms with Crippen LogP contribution < -0.4 is 0 Å². The minimum atomic E-state index is -2.52. The number of amides is 1. The molecule has 372 valence electrons. The van der Waals surface area contributed by atoms with Crippen LogP contribution in [0.2, 0.25) is 0 Å². The molecule has 5 aliphatic rings. The normalized spacial score (nSPS) is 39.2. The molecule has 2 bridgehead atoms. The number of ketones is 2. The fourth-order valence-electron chi connectivity index (χ4n) is 10.6. The zero-order valence-electron chi connectivity index (χ0n) is 40.5. The van der Waals surface area contributed by atoms with Gasteiger partial charge in [0.25, 0.3) is 11.7 Å². The first-order chi connectivity index (χ1) is 31.4. The van der Waals surface area contributed by atoms with Gasteiger partial charge in [0.05, 0.1) is 43.7 Å². The average Bonchev–Trinajstić information content (AvgIpc) is 3.72. The van der Waals surface area contributed by atoms with E-state index < -0.39 is 77.8 Å². The van der Waals surface area contributed by atoms with Gasteiger partial charge in [-0.3, -0.25) is 19.2 Å². The minimum Gasteiger partial charge on any atom is -0.465 e. The van der Waals surface area contributed by atoms with Crippen molar-refractivity contribution in [3.63, 3.8) is 0 Å². The van der Waals surface area contributed by atoms with Crippen molar-refractivity contribution in [3.05, 3.63) is 36.0 Å². The monoisotopic (exact) mass is 948 g/mol. The third kappa shape index (κ3) is 13.4. The number of fused-ring (bicyclic) bond motifs is 3. The summed E-state index contributed by atoms with van der Waals surface area (Å²) in [6, 6.07) is -1.16. The van der Waals surface area contributed by atoms with Gasteiger partial charge in [-0.25, -0.2) is 4.79 Å². The number of ether oxygens (including phenoxy) is 7. The van der Waals surface area contributed by atoms with Gasteiger partial charge in [-0.2, -0.15) is 0 Å². The maximum atomic E-state index is 14.5. The Balaban J connectivity index is 1.44. The Bertz CT molecular complexity index is 1750. The Morgan fingerprint density at radius 2 is 1.64 bits per heavy atom. The molecule has 1 amide bonds. The summed E-state index contributed by atoms with van der Waals surface area (Å²) in [6.07, 6.45) is 6.51. The number of carbonyl (C=O) groups excluding carboxylic acids is 5. The SMILES string of the molecule is C=CC[C@@H]1/C=C(\C)C[C@H](C)C[C@H](OC)[C@H]2O[C@@](O)(C(=O)C(=O)N3CCCC[C@H]3C(=O)OC(/C(C)=C/[C@@H]3CC[C@@H](OCCSC4CCOC4=O)[C@H](OC)C3)[C@H](C)[C@@H](O)CC1=O)[C@H](C)C[C@@H]2OC. The van der Waals surface area contributed by atoms with E-state index in [1.165, 1.54) is 19.1 Å². The molecule has 2 N–H and O–H groups in total. The van der Waals surface area contributed by atoms with E-state index in [0.717, 1.165) is 12.0 Å². The lowest BCUT2D eigenvalue weighted by Gasteiger charge is -2.47. The summed E-state index contributed by atoms with van der Waals surface area (Å²) in [5.74, 6) is -7.33. The number of hydrogen-bond donors (Lipinski definition) is 2. The predicted molar refractivity (Wildman–Crippen MR) is 248 cm³/mol. The number of methoxy groups -OCH3 is 3. The van der Waals surface area contributed by atoms with Crippen molar-refractivity contribution in [3.8, 4) is 0 Å². The van der Waals surface area contributed by atoms with Crippen LogP contribution >= 0.6 is 11.8 Å². The number of aliphatic hydroxyl groups excluding tert-OH is 1. The highest BCUT2D eigenvalue weighted by atomic mass is 32.2. The van der Waals surface area contributed by atoms with Crippen LogP contribution in [0.5, 0.6) is 0 Å². The Morgan fingerprint density at radius 3 is 2.30 bits per heavy atom. The molecule has 15 nitrogen and oxygen atoms in total. The molecular weight excluding hydrogens is 871 g/mol. The maximum Gasteiger partial charge on any atom is 0.329 e. The second-order valence-electron chi connectivity index (χ2n) is 19.4. The summed E-state index contributed by atoms with van der Waals surface area (Å²) < 4.78 is 41.7. The van der Waals surface area contributed by atoms with Crippen LogP contribution in [-0.4, -0.2) is 151 Å². The third-order valence-corrected chi connectivity index (χ3v) is 15.7. The van der Waals surface area contributed by atoms with E-state index >= 15 is 0 Å². The Kier molecular flexibility index (Phi) is 20.5. The summed E-state index contributed by atoms with van der Waals surface area (Å²) in [5.41, 5.74) is 1.62. The van der Waals surface area contributed by atoms with Crippen molar-refractivity contribution < 1.29 is 67.3 Å². The molecule has 3 saturated heterocycles. The van der Waals surface area contributed by atoms with Crippen molar-refractivity contribution in [1.29, 1.82) is 0 Å². The zero-order valence-corrected chi connectivity index (χ0v) is 41.3. The molecule has 2 unspecified atom stereocenters. The number of carbonyl (C=O) groups is 5. The molecule has 1 saturated carbocycles. The first kappa shape index (κ1) is 54.0. The number of allylic oxidation sites excluding steroid dienone is 4. The first-order valence-corrected chi connectivity index (χ1v) is 25.1. The molecular formula is C50H77NO14S. The van der Waals surface area contributed by atoms with Crippen molar-refractivity contribution in [2.24, 2.45) is 29.6 Å². The molecule has 4 aliphatic heterocycles. The molecule has 0 aromatic carbocycles. The fraction of sp³-hybridized carbons (Fsp3) is 0.780. The van der Waals surface area contributed by atoms with E-state index in [0.29, 0.717) is 75.9 Å². The van der Waals surface area contributed by atoms with Gasteiger partial charge in [0.15, 0.2) is 0 Å². The summed E-state index contributed by atoms with van der Waals surface area (Å²) >= 11 is 1.54. The topological polar surface area (TPSA) is 194 Å². The van der Waals surface area contributed by atoms with Gasteiger partial charge in [0.1, 0.15) is 29.3 Å². The predicted octanol–water partition coefficient (Wildman–Crippen LogP) is 5.71. The second kappa shape index (κ2) is 25.1. The second-order valence-corrected chi connectivity index (χ2v) is 20.7. The van der Waals surface area contributed by atoms with Crippen LogP contribution in [0.15, 0.2) is 36.0 Å². The van der Waals surface area contributed by atoms with Gasteiger partial charge in [0, 0.05) is 64.2 Å². The van der Waals surface area contributed by atoms with Gasteiger partial charge in [-0.05, 0) is 95.5 Å². The summed E-state index contributed by atoms with van der Waals surface area (Å²) in [7, 11) is 4.71. The summed E-state index contributed by atoms with van der Waals surface area (Å²) in [6.45, 7) is 14.1. The molecule has 15 atom stereocenters. The van der Waals surface area contributed by atoms with Crippen molar-refractivity contribution in [1.82, 2.24) is 4.90 Å². The van der Waals surface area contributed by atoms with Gasteiger partial charge in [0.2, 0.25) is 5.79 Å². The lowest BCUT2D eigenvalue weighted by molar-refractivity contribution is -0.302. The molecule has 16 heteroatoms. The number of piperidine rings is 1. The number of aliphatic hydroxyl groups is 2. The number of rotatable bonds is 12. The number of cyclic esters (lactones) is 2. The maximum absolute atomic E-state index is 14.5. The number of thioether (sulfide) groups is 1. The molecule has 4 fully saturated rings. The van der Waals surface area contributed by atoms with Crippen LogP contribution in [0.1, 0.15) is 112 Å². The van der Waals surface area contributed by atoms with Gasteiger partial charge in [-0.1, -0.05) is 44.6 Å². The molecule has 0 radical (unpaired) electrons. The highest BCUT2D eigenvalue weighted by Crippen LogP contribution is 2.39. The number of hydrogen-bond acceptors (Lipinski definition) is 15. The number of nitrogens with zero attached hydrogens (tertiary/aromatic N) is 1. The highest BCUT2D eigenvalue weighted by molar-refractivity contribution is 8.00. The largest absolute Gasteiger partial charge is 0.465 e. The average molecular weight is 948 g/mol. The smallest absolute Gasteiger partial charge is 0.329 e.